The lowest BCUT2D eigenvalue weighted by atomic mass is 10.1. The molecule has 0 radical (unpaired) electrons. The molecule has 3 aromatic rings. The number of nitrogens with one attached hydrogen (secondary N) is 2. The van der Waals surface area contributed by atoms with Crippen LogP contribution < -0.4 is 21.3 Å². The van der Waals surface area contributed by atoms with Crippen molar-refractivity contribution in [2.45, 2.75) is 20.0 Å². The summed E-state index contributed by atoms with van der Waals surface area (Å²) in [5, 5.41) is 5.81. The molecule has 10 nitrogen and oxygen atoms in total. The van der Waals surface area contributed by atoms with Gasteiger partial charge >= 0.3 is 6.03 Å². The number of nitrogens with zero attached hydrogens (tertiary/aromatic N) is 5. The summed E-state index contributed by atoms with van der Waals surface area (Å²) in [5.41, 5.74) is 9.81. The highest BCUT2D eigenvalue weighted by atomic mass is 16.2. The van der Waals surface area contributed by atoms with Crippen LogP contribution in [0.5, 0.6) is 0 Å². The average molecular weight is 497 g/mol. The minimum Gasteiger partial charge on any atom is -0.403 e. The number of urea groups is 1. The fourth-order valence-electron chi connectivity index (χ4n) is 3.84. The standard InChI is InChI=1S/C27H28N8O2/c1-4-24(36)31-21-11-8-12-22(13-21)35-25-20(15-30-26(33-25)32-23(14-28)18(2)29-3)17-34(27(35)37)16-19-9-6-5-7-10-19/h4-15H,1,16-17,28H2,2-3H3,(H,31,36)(H,30,32,33)/b23-14+,29-18?. The van der Waals surface area contributed by atoms with E-state index < -0.39 is 0 Å². The molecule has 0 fully saturated rings. The minimum atomic E-state index is -0.351. The van der Waals surface area contributed by atoms with Crippen LogP contribution >= 0.6 is 0 Å². The van der Waals surface area contributed by atoms with Gasteiger partial charge in [0.15, 0.2) is 5.82 Å². The molecule has 2 aromatic carbocycles. The van der Waals surface area contributed by atoms with Gasteiger partial charge in [-0.3, -0.25) is 9.79 Å². The normalized spacial score (nSPS) is 13.7. The number of aliphatic imine (C=N–C) groups is 1. The molecule has 37 heavy (non-hydrogen) atoms. The zero-order valence-electron chi connectivity index (χ0n) is 20.7. The molecule has 3 amide bonds. The summed E-state index contributed by atoms with van der Waals surface area (Å²) in [4.78, 5) is 42.2. The van der Waals surface area contributed by atoms with Gasteiger partial charge in [-0.05, 0) is 36.8 Å². The van der Waals surface area contributed by atoms with Crippen molar-refractivity contribution in [3.8, 4) is 0 Å². The molecule has 1 aromatic heterocycles. The number of carbonyl (C=O) groups is 2. The molecule has 0 atom stereocenters. The molecule has 1 aliphatic rings. The SMILES string of the molecule is C=CC(=O)Nc1cccc(N2C(=O)N(Cc3ccccc3)Cc3cnc(N/C(=C/N)C(C)=NC)nc32)c1. The Balaban J connectivity index is 1.76. The number of carbonyl (C=O) groups excluding carboxylic acids is 2. The van der Waals surface area contributed by atoms with Crippen LogP contribution in [0, 0.1) is 0 Å². The topological polar surface area (TPSA) is 129 Å². The van der Waals surface area contributed by atoms with Gasteiger partial charge in [0.05, 0.1) is 23.6 Å². The van der Waals surface area contributed by atoms with E-state index in [9.17, 15) is 9.59 Å². The Bertz CT molecular complexity index is 1380. The lowest BCUT2D eigenvalue weighted by Gasteiger charge is -2.36. The molecular formula is C27H28N8O2. The van der Waals surface area contributed by atoms with Gasteiger partial charge in [0, 0.05) is 37.2 Å². The first-order valence-corrected chi connectivity index (χ1v) is 11.6. The van der Waals surface area contributed by atoms with Gasteiger partial charge in [-0.25, -0.2) is 14.7 Å². The molecule has 0 spiro atoms. The fourth-order valence-corrected chi connectivity index (χ4v) is 3.84. The number of hydrogen-bond donors (Lipinski definition) is 3. The van der Waals surface area contributed by atoms with Gasteiger partial charge in [0.2, 0.25) is 11.9 Å². The van der Waals surface area contributed by atoms with Gasteiger partial charge in [0.25, 0.3) is 0 Å². The van der Waals surface area contributed by atoms with Crippen LogP contribution in [0.4, 0.5) is 27.9 Å². The molecule has 0 unspecified atom stereocenters. The minimum absolute atomic E-state index is 0.255. The van der Waals surface area contributed by atoms with Crippen molar-refractivity contribution in [1.82, 2.24) is 14.9 Å². The highest BCUT2D eigenvalue weighted by molar-refractivity contribution is 6.03. The van der Waals surface area contributed by atoms with E-state index in [4.69, 9.17) is 5.73 Å². The van der Waals surface area contributed by atoms with E-state index in [2.05, 4.69) is 32.2 Å². The third-order valence-electron chi connectivity index (χ3n) is 5.79. The van der Waals surface area contributed by atoms with E-state index in [1.54, 1.807) is 42.4 Å². The van der Waals surface area contributed by atoms with E-state index in [0.717, 1.165) is 11.1 Å². The largest absolute Gasteiger partial charge is 0.403 e. The Morgan fingerprint density at radius 2 is 1.97 bits per heavy atom. The first kappa shape index (κ1) is 25.1. The summed E-state index contributed by atoms with van der Waals surface area (Å²) in [5.74, 6) is 0.349. The molecule has 2 heterocycles. The summed E-state index contributed by atoms with van der Waals surface area (Å²) in [6.07, 6.45) is 4.27. The number of rotatable bonds is 8. The predicted octanol–water partition coefficient (Wildman–Crippen LogP) is 4.18. The van der Waals surface area contributed by atoms with Crippen molar-refractivity contribution in [2.75, 3.05) is 22.6 Å². The van der Waals surface area contributed by atoms with E-state index in [1.165, 1.54) is 17.2 Å². The summed E-state index contributed by atoms with van der Waals surface area (Å²) < 4.78 is 0. The molecule has 0 saturated carbocycles. The van der Waals surface area contributed by atoms with E-state index >= 15 is 0 Å². The maximum Gasteiger partial charge on any atom is 0.330 e. The van der Waals surface area contributed by atoms with Crippen molar-refractivity contribution in [3.05, 3.63) is 96.5 Å². The quantitative estimate of drug-likeness (QED) is 0.317. The number of fused-ring (bicyclic) bond motifs is 1. The monoisotopic (exact) mass is 496 g/mol. The third kappa shape index (κ3) is 5.64. The summed E-state index contributed by atoms with van der Waals surface area (Å²) in [6.45, 7) is 6.05. The van der Waals surface area contributed by atoms with Gasteiger partial charge in [-0.1, -0.05) is 43.0 Å². The van der Waals surface area contributed by atoms with Gasteiger partial charge in [-0.15, -0.1) is 0 Å². The van der Waals surface area contributed by atoms with E-state index in [1.807, 2.05) is 37.3 Å². The number of benzene rings is 2. The predicted molar refractivity (Wildman–Crippen MR) is 145 cm³/mol. The number of hydrogen-bond acceptors (Lipinski definition) is 7. The summed E-state index contributed by atoms with van der Waals surface area (Å²) in [7, 11) is 1.66. The lowest BCUT2D eigenvalue weighted by molar-refractivity contribution is -0.111. The van der Waals surface area contributed by atoms with Crippen LogP contribution in [-0.4, -0.2) is 39.6 Å². The molecule has 10 heteroatoms. The first-order chi connectivity index (χ1) is 17.9. The highest BCUT2D eigenvalue weighted by Crippen LogP contribution is 2.35. The Labute approximate surface area is 215 Å². The molecule has 0 saturated heterocycles. The lowest BCUT2D eigenvalue weighted by Crippen LogP contribution is -2.45. The molecule has 4 rings (SSSR count). The Morgan fingerprint density at radius 3 is 2.68 bits per heavy atom. The molecule has 1 aliphatic heterocycles. The van der Waals surface area contributed by atoms with Crippen molar-refractivity contribution in [3.63, 3.8) is 0 Å². The second kappa shape index (κ2) is 11.2. The average Bonchev–Trinajstić information content (AvgIpc) is 2.92. The van der Waals surface area contributed by atoms with E-state index in [0.29, 0.717) is 41.7 Å². The first-order valence-electron chi connectivity index (χ1n) is 11.6. The van der Waals surface area contributed by atoms with Crippen LogP contribution in [0.1, 0.15) is 18.1 Å². The summed E-state index contributed by atoms with van der Waals surface area (Å²) in [6, 6.07) is 16.5. The Kier molecular flexibility index (Phi) is 7.58. The summed E-state index contributed by atoms with van der Waals surface area (Å²) >= 11 is 0. The Hall–Kier alpha value is -4.99. The fraction of sp³-hybridized carbons (Fsp3) is 0.148. The van der Waals surface area contributed by atoms with Crippen LogP contribution in [0.2, 0.25) is 0 Å². The molecule has 0 bridgehead atoms. The molecule has 4 N–H and O–H groups in total. The van der Waals surface area contributed by atoms with Crippen LogP contribution in [0.25, 0.3) is 0 Å². The zero-order valence-corrected chi connectivity index (χ0v) is 20.7. The maximum absolute atomic E-state index is 13.8. The Morgan fingerprint density at radius 1 is 1.19 bits per heavy atom. The highest BCUT2D eigenvalue weighted by Gasteiger charge is 2.33. The number of nitrogens with two attached hydrogens (primary N) is 1. The van der Waals surface area contributed by atoms with E-state index in [-0.39, 0.29) is 17.9 Å². The number of allylic oxidation sites excluding steroid dienone is 1. The van der Waals surface area contributed by atoms with Crippen molar-refractivity contribution < 1.29 is 9.59 Å². The second-order valence-electron chi connectivity index (χ2n) is 8.26. The smallest absolute Gasteiger partial charge is 0.330 e. The molecule has 0 aliphatic carbocycles. The maximum atomic E-state index is 13.8. The second-order valence-corrected chi connectivity index (χ2v) is 8.26. The number of anilines is 4. The number of amides is 3. The van der Waals surface area contributed by atoms with Crippen LogP contribution in [0.15, 0.2) is 90.3 Å². The third-order valence-corrected chi connectivity index (χ3v) is 5.79. The molecule has 188 valence electrons. The van der Waals surface area contributed by atoms with Crippen molar-refractivity contribution in [1.29, 1.82) is 0 Å². The van der Waals surface area contributed by atoms with Crippen LogP contribution in [0.3, 0.4) is 0 Å². The van der Waals surface area contributed by atoms with Gasteiger partial charge in [-0.2, -0.15) is 4.98 Å². The van der Waals surface area contributed by atoms with Gasteiger partial charge in [0.1, 0.15) is 0 Å². The molecular weight excluding hydrogens is 468 g/mol. The number of aromatic nitrogens is 2. The van der Waals surface area contributed by atoms with Crippen molar-refractivity contribution in [2.24, 2.45) is 10.7 Å². The van der Waals surface area contributed by atoms with Gasteiger partial charge < -0.3 is 21.3 Å². The van der Waals surface area contributed by atoms with Crippen LogP contribution in [-0.2, 0) is 17.9 Å². The van der Waals surface area contributed by atoms with Crippen molar-refractivity contribution >= 4 is 40.8 Å². The zero-order chi connectivity index (χ0) is 26.4.